The largest absolute Gasteiger partial charge is 0.360 e. The van der Waals surface area contributed by atoms with Gasteiger partial charge in [-0.25, -0.2) is 4.98 Å². The van der Waals surface area contributed by atoms with Gasteiger partial charge >= 0.3 is 0 Å². The Morgan fingerprint density at radius 3 is 2.52 bits per heavy atom. The Hall–Kier alpha value is -2.90. The molecular formula is C23H23N3S. The van der Waals surface area contributed by atoms with Gasteiger partial charge in [0.05, 0.1) is 5.69 Å². The maximum atomic E-state index is 9.55. The Bertz CT molecular complexity index is 1000. The maximum Gasteiger partial charge on any atom is 0.136 e. The molecular weight excluding hydrogens is 350 g/mol. The van der Waals surface area contributed by atoms with Crippen LogP contribution in [0.5, 0.6) is 0 Å². The summed E-state index contributed by atoms with van der Waals surface area (Å²) >= 11 is 1.49. The van der Waals surface area contributed by atoms with Crippen LogP contribution in [0, 0.1) is 25.2 Å². The Kier molecular flexibility index (Phi) is 5.73. The lowest BCUT2D eigenvalue weighted by molar-refractivity contribution is 0.867. The first-order valence-corrected chi connectivity index (χ1v) is 9.86. The van der Waals surface area contributed by atoms with Gasteiger partial charge < -0.3 is 5.32 Å². The van der Waals surface area contributed by atoms with E-state index in [0.29, 0.717) is 11.5 Å². The van der Waals surface area contributed by atoms with Crippen LogP contribution >= 0.6 is 11.3 Å². The van der Waals surface area contributed by atoms with Gasteiger partial charge in [-0.2, -0.15) is 5.26 Å². The standard InChI is InChI=1S/C23H23N3S/c1-15(2)18-6-8-20(9-7-18)25-13-19(12-24)23-26-22(14-27-23)21-10-5-16(3)11-17(21)4/h5-11,13-15,25H,1-4H3/b19-13+. The van der Waals surface area contributed by atoms with Crippen molar-refractivity contribution < 1.29 is 0 Å². The summed E-state index contributed by atoms with van der Waals surface area (Å²) in [5.74, 6) is 0.503. The quantitative estimate of drug-likeness (QED) is 0.517. The maximum absolute atomic E-state index is 9.55. The van der Waals surface area contributed by atoms with E-state index in [9.17, 15) is 5.26 Å². The molecule has 0 atom stereocenters. The molecule has 2 aromatic carbocycles. The molecule has 3 nitrogen and oxygen atoms in total. The van der Waals surface area contributed by atoms with Crippen molar-refractivity contribution in [3.05, 3.63) is 75.7 Å². The molecule has 0 radical (unpaired) electrons. The van der Waals surface area contributed by atoms with Crippen molar-refractivity contribution in [1.82, 2.24) is 4.98 Å². The topological polar surface area (TPSA) is 48.7 Å². The summed E-state index contributed by atoms with van der Waals surface area (Å²) in [6.45, 7) is 8.52. The average Bonchev–Trinajstić information content (AvgIpc) is 3.12. The van der Waals surface area contributed by atoms with E-state index in [4.69, 9.17) is 0 Å². The summed E-state index contributed by atoms with van der Waals surface area (Å²) in [6.07, 6.45) is 1.73. The molecule has 0 saturated carbocycles. The smallest absolute Gasteiger partial charge is 0.136 e. The molecule has 0 unspecified atom stereocenters. The van der Waals surface area contributed by atoms with Crippen molar-refractivity contribution in [3.63, 3.8) is 0 Å². The molecule has 1 aromatic heterocycles. The van der Waals surface area contributed by atoms with E-state index >= 15 is 0 Å². The van der Waals surface area contributed by atoms with Crippen LogP contribution in [-0.2, 0) is 0 Å². The Morgan fingerprint density at radius 2 is 1.89 bits per heavy atom. The zero-order valence-corrected chi connectivity index (χ0v) is 16.9. The van der Waals surface area contributed by atoms with Crippen LogP contribution in [0.4, 0.5) is 5.69 Å². The number of nitrogens with zero attached hydrogens (tertiary/aromatic N) is 2. The minimum Gasteiger partial charge on any atom is -0.360 e. The van der Waals surface area contributed by atoms with Gasteiger partial charge in [-0.15, -0.1) is 11.3 Å². The van der Waals surface area contributed by atoms with Crippen molar-refractivity contribution in [2.24, 2.45) is 0 Å². The third-order valence-corrected chi connectivity index (χ3v) is 5.35. The number of nitrogens with one attached hydrogen (secondary N) is 1. The molecule has 136 valence electrons. The van der Waals surface area contributed by atoms with Crippen LogP contribution in [0.2, 0.25) is 0 Å². The molecule has 0 amide bonds. The second-order valence-electron chi connectivity index (χ2n) is 6.95. The number of allylic oxidation sites excluding steroid dienone is 1. The fourth-order valence-corrected chi connectivity index (χ4v) is 3.67. The summed E-state index contributed by atoms with van der Waals surface area (Å²) in [5, 5.41) is 15.5. The minimum absolute atomic E-state index is 0.503. The highest BCUT2D eigenvalue weighted by Gasteiger charge is 2.10. The van der Waals surface area contributed by atoms with Gasteiger partial charge in [-0.3, -0.25) is 0 Å². The molecule has 4 heteroatoms. The lowest BCUT2D eigenvalue weighted by Gasteiger charge is -2.07. The Balaban J connectivity index is 1.81. The van der Waals surface area contributed by atoms with Crippen LogP contribution in [0.25, 0.3) is 16.8 Å². The number of aryl methyl sites for hydroxylation is 2. The third-order valence-electron chi connectivity index (χ3n) is 4.47. The average molecular weight is 374 g/mol. The lowest BCUT2D eigenvalue weighted by atomic mass is 10.0. The van der Waals surface area contributed by atoms with Crippen LogP contribution in [-0.4, -0.2) is 4.98 Å². The highest BCUT2D eigenvalue weighted by atomic mass is 32.1. The molecule has 1 heterocycles. The molecule has 0 bridgehead atoms. The van der Waals surface area contributed by atoms with Crippen molar-refractivity contribution >= 4 is 22.6 Å². The number of hydrogen-bond donors (Lipinski definition) is 1. The van der Waals surface area contributed by atoms with Gasteiger partial charge in [0.1, 0.15) is 16.6 Å². The number of benzene rings is 2. The van der Waals surface area contributed by atoms with Crippen LogP contribution in [0.15, 0.2) is 54.0 Å². The highest BCUT2D eigenvalue weighted by Crippen LogP contribution is 2.28. The van der Waals surface area contributed by atoms with E-state index in [-0.39, 0.29) is 0 Å². The minimum atomic E-state index is 0.503. The van der Waals surface area contributed by atoms with Crippen LogP contribution in [0.1, 0.15) is 41.5 Å². The number of hydrogen-bond acceptors (Lipinski definition) is 4. The van der Waals surface area contributed by atoms with Crippen LogP contribution in [0.3, 0.4) is 0 Å². The zero-order chi connectivity index (χ0) is 19.4. The number of aromatic nitrogens is 1. The molecule has 0 aliphatic heterocycles. The fraction of sp³-hybridized carbons (Fsp3) is 0.217. The number of rotatable bonds is 5. The predicted molar refractivity (Wildman–Crippen MR) is 115 cm³/mol. The van der Waals surface area contributed by atoms with Gasteiger partial charge in [0.15, 0.2) is 0 Å². The first kappa shape index (κ1) is 18.9. The van der Waals surface area contributed by atoms with Crippen molar-refractivity contribution in [2.45, 2.75) is 33.6 Å². The third kappa shape index (κ3) is 4.45. The Morgan fingerprint density at radius 1 is 1.15 bits per heavy atom. The molecule has 0 aliphatic carbocycles. The van der Waals surface area contributed by atoms with Gasteiger partial charge in [0.25, 0.3) is 0 Å². The Labute approximate surface area is 165 Å². The van der Waals surface area contributed by atoms with Gasteiger partial charge in [0.2, 0.25) is 0 Å². The molecule has 3 aromatic rings. The predicted octanol–water partition coefficient (Wildman–Crippen LogP) is 6.53. The molecule has 0 fully saturated rings. The molecule has 0 aliphatic rings. The highest BCUT2D eigenvalue weighted by molar-refractivity contribution is 7.11. The summed E-state index contributed by atoms with van der Waals surface area (Å²) in [6, 6.07) is 16.9. The van der Waals surface area contributed by atoms with E-state index < -0.39 is 0 Å². The van der Waals surface area contributed by atoms with E-state index in [1.165, 1.54) is 28.0 Å². The summed E-state index contributed by atoms with van der Waals surface area (Å²) in [5.41, 5.74) is 7.23. The summed E-state index contributed by atoms with van der Waals surface area (Å²) < 4.78 is 0. The van der Waals surface area contributed by atoms with Gasteiger partial charge in [-0.1, -0.05) is 49.7 Å². The molecule has 3 rings (SSSR count). The first-order chi connectivity index (χ1) is 13.0. The second-order valence-corrected chi connectivity index (χ2v) is 7.81. The molecule has 1 N–H and O–H groups in total. The summed E-state index contributed by atoms with van der Waals surface area (Å²) in [7, 11) is 0. The molecule has 0 spiro atoms. The number of anilines is 1. The van der Waals surface area contributed by atoms with E-state index in [1.54, 1.807) is 6.20 Å². The molecule has 27 heavy (non-hydrogen) atoms. The monoisotopic (exact) mass is 373 g/mol. The normalized spacial score (nSPS) is 11.5. The van der Waals surface area contributed by atoms with Crippen molar-refractivity contribution in [2.75, 3.05) is 5.32 Å². The van der Waals surface area contributed by atoms with Crippen molar-refractivity contribution in [3.8, 4) is 17.3 Å². The van der Waals surface area contributed by atoms with E-state index in [1.807, 2.05) is 17.5 Å². The zero-order valence-electron chi connectivity index (χ0n) is 16.1. The van der Waals surface area contributed by atoms with E-state index in [0.717, 1.165) is 22.0 Å². The fourth-order valence-electron chi connectivity index (χ4n) is 2.88. The number of nitriles is 1. The van der Waals surface area contributed by atoms with Gasteiger partial charge in [-0.05, 0) is 43.0 Å². The van der Waals surface area contributed by atoms with Gasteiger partial charge in [0, 0.05) is 22.8 Å². The first-order valence-electron chi connectivity index (χ1n) is 8.98. The lowest BCUT2D eigenvalue weighted by Crippen LogP contribution is -1.93. The molecule has 0 saturated heterocycles. The SMILES string of the molecule is Cc1ccc(-c2csc(/C(C#N)=C/Nc3ccc(C(C)C)cc3)n2)c(C)c1. The summed E-state index contributed by atoms with van der Waals surface area (Å²) in [4.78, 5) is 4.68. The van der Waals surface area contributed by atoms with E-state index in [2.05, 4.69) is 74.4 Å². The second kappa shape index (κ2) is 8.20. The number of thiazole rings is 1. The van der Waals surface area contributed by atoms with Crippen LogP contribution < -0.4 is 5.32 Å². The van der Waals surface area contributed by atoms with Crippen molar-refractivity contribution in [1.29, 1.82) is 5.26 Å².